The topological polar surface area (TPSA) is 95.7 Å². The summed E-state index contributed by atoms with van der Waals surface area (Å²) in [5.41, 5.74) is -0.887. The second-order valence-electron chi connectivity index (χ2n) is 7.76. The molecule has 0 bridgehead atoms. The van der Waals surface area contributed by atoms with Crippen LogP contribution in [0.25, 0.3) is 0 Å². The summed E-state index contributed by atoms with van der Waals surface area (Å²) in [6, 6.07) is 3.95. The summed E-state index contributed by atoms with van der Waals surface area (Å²) in [5, 5.41) is 11.4. The van der Waals surface area contributed by atoms with E-state index in [1.54, 1.807) is 0 Å². The van der Waals surface area contributed by atoms with Crippen LogP contribution in [-0.2, 0) is 9.47 Å². The molecule has 0 amide bonds. The summed E-state index contributed by atoms with van der Waals surface area (Å²) in [5.74, 6) is -1.59. The first-order valence-corrected chi connectivity index (χ1v) is 11.6. The van der Waals surface area contributed by atoms with Gasteiger partial charge in [0.15, 0.2) is 5.56 Å². The molecule has 174 valence electrons. The Morgan fingerprint density at radius 2 is 1.26 bits per heavy atom. The Hall–Kier alpha value is -2.44. The lowest BCUT2D eigenvalue weighted by Crippen LogP contribution is -2.17. The third-order valence-electron chi connectivity index (χ3n) is 5.13. The summed E-state index contributed by atoms with van der Waals surface area (Å²) in [6.07, 6.45) is 12.4. The Labute approximate surface area is 185 Å². The monoisotopic (exact) mass is 435 g/mol. The highest BCUT2D eigenvalue weighted by Gasteiger charge is 2.29. The molecule has 0 saturated carbocycles. The first-order valence-electron chi connectivity index (χ1n) is 11.6. The maximum atomic E-state index is 12.6. The molecule has 0 unspecified atom stereocenters. The van der Waals surface area contributed by atoms with Crippen molar-refractivity contribution in [2.24, 2.45) is 0 Å². The van der Waals surface area contributed by atoms with Crippen LogP contribution in [0.5, 0.6) is 0 Å². The van der Waals surface area contributed by atoms with Crippen LogP contribution >= 0.6 is 0 Å². The van der Waals surface area contributed by atoms with E-state index in [1.807, 2.05) is 0 Å². The maximum Gasteiger partial charge on any atom is 0.346 e. The quantitative estimate of drug-likeness (QED) is 0.118. The van der Waals surface area contributed by atoms with Gasteiger partial charge < -0.3 is 9.47 Å². The standard InChI is InChI=1S/C24H37NO6/c1-3-5-7-9-11-13-18-30-23(26)20-16-15-17-21(25(28)29)22(20)24(27)31-19-14-12-10-8-6-4-2/h15-17H,3-14,18-19H2,1-2H3. The predicted molar refractivity (Wildman–Crippen MR) is 120 cm³/mol. The Morgan fingerprint density at radius 3 is 1.77 bits per heavy atom. The zero-order chi connectivity index (χ0) is 22.9. The van der Waals surface area contributed by atoms with E-state index in [1.165, 1.54) is 37.5 Å². The third kappa shape index (κ3) is 10.4. The van der Waals surface area contributed by atoms with Crippen molar-refractivity contribution in [2.45, 2.75) is 90.9 Å². The molecule has 0 aliphatic rings. The van der Waals surface area contributed by atoms with Crippen LogP contribution in [0, 0.1) is 10.1 Å². The number of carbonyl (C=O) groups excluding carboxylic acids is 2. The van der Waals surface area contributed by atoms with Gasteiger partial charge in [0.05, 0.1) is 23.7 Å². The van der Waals surface area contributed by atoms with Crippen molar-refractivity contribution in [2.75, 3.05) is 13.2 Å². The Balaban J connectivity index is 2.65. The Bertz CT molecular complexity index is 689. The number of rotatable bonds is 17. The van der Waals surface area contributed by atoms with E-state index in [2.05, 4.69) is 13.8 Å². The van der Waals surface area contributed by atoms with Crippen LogP contribution in [-0.4, -0.2) is 30.1 Å². The number of nitro benzene ring substituents is 1. The number of hydrogen-bond acceptors (Lipinski definition) is 6. The van der Waals surface area contributed by atoms with Gasteiger partial charge in [0, 0.05) is 6.07 Å². The van der Waals surface area contributed by atoms with Crippen molar-refractivity contribution in [3.63, 3.8) is 0 Å². The molecule has 1 rings (SSSR count). The molecule has 0 aromatic heterocycles. The van der Waals surface area contributed by atoms with E-state index in [-0.39, 0.29) is 24.3 Å². The largest absolute Gasteiger partial charge is 0.462 e. The van der Waals surface area contributed by atoms with E-state index in [9.17, 15) is 19.7 Å². The molecule has 1 aromatic rings. The van der Waals surface area contributed by atoms with Crippen LogP contribution < -0.4 is 0 Å². The number of nitrogens with zero attached hydrogens (tertiary/aromatic N) is 1. The fourth-order valence-corrected chi connectivity index (χ4v) is 3.32. The molecule has 0 N–H and O–H groups in total. The SMILES string of the molecule is CCCCCCCCOC(=O)c1cccc([N+](=O)[O-])c1C(=O)OCCCCCCCC. The average molecular weight is 436 g/mol. The van der Waals surface area contributed by atoms with Gasteiger partial charge in [-0.05, 0) is 18.9 Å². The van der Waals surface area contributed by atoms with Gasteiger partial charge in [0.25, 0.3) is 5.69 Å². The van der Waals surface area contributed by atoms with Gasteiger partial charge in [-0.1, -0.05) is 84.1 Å². The zero-order valence-electron chi connectivity index (χ0n) is 19.0. The Kier molecular flexibility index (Phi) is 14.0. The minimum absolute atomic E-state index is 0.117. The van der Waals surface area contributed by atoms with Gasteiger partial charge in [0.1, 0.15) is 0 Å². The third-order valence-corrected chi connectivity index (χ3v) is 5.13. The van der Waals surface area contributed by atoms with Crippen molar-refractivity contribution < 1.29 is 24.0 Å². The lowest BCUT2D eigenvalue weighted by Gasteiger charge is -2.10. The minimum Gasteiger partial charge on any atom is -0.462 e. The zero-order valence-corrected chi connectivity index (χ0v) is 19.0. The molecule has 0 aliphatic heterocycles. The number of ether oxygens (including phenoxy) is 2. The minimum atomic E-state index is -0.854. The van der Waals surface area contributed by atoms with Crippen LogP contribution in [0.4, 0.5) is 5.69 Å². The first kappa shape index (κ1) is 26.6. The van der Waals surface area contributed by atoms with Crippen molar-refractivity contribution in [1.29, 1.82) is 0 Å². The van der Waals surface area contributed by atoms with E-state index in [0.29, 0.717) is 6.42 Å². The molecule has 0 saturated heterocycles. The molecule has 0 atom stereocenters. The fraction of sp³-hybridized carbons (Fsp3) is 0.667. The molecular formula is C24H37NO6. The maximum absolute atomic E-state index is 12.6. The van der Waals surface area contributed by atoms with Crippen LogP contribution in [0.3, 0.4) is 0 Å². The summed E-state index contributed by atoms with van der Waals surface area (Å²) in [7, 11) is 0. The molecule has 0 aliphatic carbocycles. The van der Waals surface area contributed by atoms with Gasteiger partial charge in [-0.2, -0.15) is 0 Å². The number of benzene rings is 1. The van der Waals surface area contributed by atoms with Gasteiger partial charge in [-0.15, -0.1) is 0 Å². The first-order chi connectivity index (χ1) is 15.0. The fourth-order valence-electron chi connectivity index (χ4n) is 3.32. The molecule has 7 heteroatoms. The smallest absolute Gasteiger partial charge is 0.346 e. The van der Waals surface area contributed by atoms with Crippen LogP contribution in [0.1, 0.15) is 112 Å². The van der Waals surface area contributed by atoms with Crippen LogP contribution in [0.2, 0.25) is 0 Å². The molecule has 0 radical (unpaired) electrons. The molecule has 31 heavy (non-hydrogen) atoms. The van der Waals surface area contributed by atoms with Gasteiger partial charge in [-0.25, -0.2) is 9.59 Å². The number of esters is 2. The van der Waals surface area contributed by atoms with Crippen molar-refractivity contribution in [3.8, 4) is 0 Å². The molecule has 7 nitrogen and oxygen atoms in total. The molecule has 0 spiro atoms. The molecular weight excluding hydrogens is 398 g/mol. The Morgan fingerprint density at radius 1 is 0.774 bits per heavy atom. The average Bonchev–Trinajstić information content (AvgIpc) is 2.77. The summed E-state index contributed by atoms with van der Waals surface area (Å²) in [4.78, 5) is 35.8. The predicted octanol–water partition coefficient (Wildman–Crippen LogP) is 6.63. The van der Waals surface area contributed by atoms with E-state index in [0.717, 1.165) is 51.4 Å². The molecule has 0 heterocycles. The van der Waals surface area contributed by atoms with E-state index < -0.39 is 22.5 Å². The van der Waals surface area contributed by atoms with Gasteiger partial charge >= 0.3 is 11.9 Å². The lowest BCUT2D eigenvalue weighted by atomic mass is 10.1. The highest BCUT2D eigenvalue weighted by molar-refractivity contribution is 6.06. The summed E-state index contributed by atoms with van der Waals surface area (Å²) >= 11 is 0. The second-order valence-corrected chi connectivity index (χ2v) is 7.76. The lowest BCUT2D eigenvalue weighted by molar-refractivity contribution is -0.385. The summed E-state index contributed by atoms with van der Waals surface area (Å²) < 4.78 is 10.5. The highest BCUT2D eigenvalue weighted by atomic mass is 16.6. The van der Waals surface area contributed by atoms with Crippen molar-refractivity contribution in [3.05, 3.63) is 39.4 Å². The second kappa shape index (κ2) is 16.3. The van der Waals surface area contributed by atoms with Crippen molar-refractivity contribution >= 4 is 17.6 Å². The number of carbonyl (C=O) groups is 2. The van der Waals surface area contributed by atoms with E-state index >= 15 is 0 Å². The van der Waals surface area contributed by atoms with Gasteiger partial charge in [-0.3, -0.25) is 10.1 Å². The molecule has 0 fully saturated rings. The van der Waals surface area contributed by atoms with E-state index in [4.69, 9.17) is 9.47 Å². The van der Waals surface area contributed by atoms with Crippen molar-refractivity contribution in [1.82, 2.24) is 0 Å². The molecule has 1 aromatic carbocycles. The summed E-state index contributed by atoms with van der Waals surface area (Å²) in [6.45, 7) is 4.69. The number of hydrogen-bond donors (Lipinski definition) is 0. The number of unbranched alkanes of at least 4 members (excludes halogenated alkanes) is 10. The normalized spacial score (nSPS) is 10.6. The highest BCUT2D eigenvalue weighted by Crippen LogP contribution is 2.24. The van der Waals surface area contributed by atoms with Crippen LogP contribution in [0.15, 0.2) is 18.2 Å². The van der Waals surface area contributed by atoms with Gasteiger partial charge in [0.2, 0.25) is 0 Å². The number of nitro groups is 1.